The summed E-state index contributed by atoms with van der Waals surface area (Å²) in [5, 5.41) is 0. The minimum absolute atomic E-state index is 0.952. The quantitative estimate of drug-likeness (QED) is 0.269. The molecule has 0 spiro atoms. The van der Waals surface area contributed by atoms with Gasteiger partial charge in [-0.3, -0.25) is 0 Å². The van der Waals surface area contributed by atoms with Crippen LogP contribution < -0.4 is 9.13 Å². The highest BCUT2D eigenvalue weighted by Crippen LogP contribution is 2.43. The summed E-state index contributed by atoms with van der Waals surface area (Å²) in [5.41, 5.74) is 15.7. The van der Waals surface area contributed by atoms with Gasteiger partial charge in [-0.1, -0.05) is 66.2 Å². The molecule has 0 radical (unpaired) electrons. The molecule has 170 valence electrons. The van der Waals surface area contributed by atoms with E-state index >= 15 is 0 Å². The number of hydrogen-bond acceptors (Lipinski definition) is 0. The molecule has 0 atom stereocenters. The molecule has 2 heterocycles. The zero-order valence-corrected chi connectivity index (χ0v) is 20.8. The molecule has 2 heteroatoms. The van der Waals surface area contributed by atoms with E-state index in [4.69, 9.17) is 0 Å². The van der Waals surface area contributed by atoms with Gasteiger partial charge >= 0.3 is 0 Å². The molecule has 1 aliphatic rings. The lowest BCUT2D eigenvalue weighted by Crippen LogP contribution is -2.40. The summed E-state index contributed by atoms with van der Waals surface area (Å²) < 4.78 is 4.62. The van der Waals surface area contributed by atoms with E-state index in [-0.39, 0.29) is 0 Å². The van der Waals surface area contributed by atoms with Crippen molar-refractivity contribution in [3.63, 3.8) is 0 Å². The first-order valence-electron chi connectivity index (χ1n) is 12.3. The predicted octanol–water partition coefficient (Wildman–Crippen LogP) is 6.52. The van der Waals surface area contributed by atoms with Gasteiger partial charge in [0.2, 0.25) is 5.69 Å². The first-order chi connectivity index (χ1) is 17.0. The lowest BCUT2D eigenvalue weighted by molar-refractivity contribution is -0.685. The maximum Gasteiger partial charge on any atom is 0.285 e. The predicted molar refractivity (Wildman–Crippen MR) is 143 cm³/mol. The van der Waals surface area contributed by atoms with E-state index in [0.717, 1.165) is 6.42 Å². The van der Waals surface area contributed by atoms with E-state index in [9.17, 15) is 0 Å². The summed E-state index contributed by atoms with van der Waals surface area (Å²) in [6.07, 6.45) is 3.09. The molecular formula is C33H30N2+2. The Morgan fingerprint density at radius 3 is 2.14 bits per heavy atom. The van der Waals surface area contributed by atoms with Gasteiger partial charge in [0.25, 0.3) is 11.4 Å². The molecule has 0 amide bonds. The van der Waals surface area contributed by atoms with Crippen molar-refractivity contribution in [1.29, 1.82) is 0 Å². The van der Waals surface area contributed by atoms with Gasteiger partial charge in [-0.05, 0) is 65.8 Å². The fourth-order valence-electron chi connectivity index (χ4n) is 5.52. The van der Waals surface area contributed by atoms with E-state index in [1.165, 1.54) is 67.2 Å². The van der Waals surface area contributed by atoms with Crippen LogP contribution in [0.2, 0.25) is 0 Å². The maximum atomic E-state index is 2.41. The molecule has 0 saturated carbocycles. The minimum Gasteiger partial charge on any atom is -0.196 e. The SMILES string of the molecule is Cc1ccc(-c2ccc3c(c2)Cc2cc(-c4ccccc4C)[n+](C)c(-c4cccc[n+]4C)c2-3)cc1. The van der Waals surface area contributed by atoms with Crippen LogP contribution in [0.5, 0.6) is 0 Å². The highest BCUT2D eigenvalue weighted by atomic mass is 15.0. The Morgan fingerprint density at radius 2 is 1.37 bits per heavy atom. The Morgan fingerprint density at radius 1 is 0.629 bits per heavy atom. The number of aryl methyl sites for hydroxylation is 3. The molecule has 5 aromatic rings. The second-order valence-electron chi connectivity index (χ2n) is 9.76. The van der Waals surface area contributed by atoms with E-state index in [1.54, 1.807) is 0 Å². The molecule has 3 aromatic carbocycles. The summed E-state index contributed by atoms with van der Waals surface area (Å²) in [4.78, 5) is 0. The highest BCUT2D eigenvalue weighted by molar-refractivity contribution is 5.88. The molecular weight excluding hydrogens is 424 g/mol. The number of nitrogens with zero attached hydrogens (tertiary/aromatic N) is 2. The summed E-state index contributed by atoms with van der Waals surface area (Å²) in [6, 6.07) is 33.4. The molecule has 0 bridgehead atoms. The number of aromatic nitrogens is 2. The van der Waals surface area contributed by atoms with Crippen LogP contribution in [0.3, 0.4) is 0 Å². The van der Waals surface area contributed by atoms with E-state index in [0.29, 0.717) is 0 Å². The van der Waals surface area contributed by atoms with Crippen molar-refractivity contribution < 1.29 is 9.13 Å². The summed E-state index contributed by atoms with van der Waals surface area (Å²) in [7, 11) is 4.35. The van der Waals surface area contributed by atoms with Crippen LogP contribution in [-0.4, -0.2) is 0 Å². The van der Waals surface area contributed by atoms with Crippen LogP contribution >= 0.6 is 0 Å². The van der Waals surface area contributed by atoms with Crippen LogP contribution in [-0.2, 0) is 20.5 Å². The molecule has 35 heavy (non-hydrogen) atoms. The number of fused-ring (bicyclic) bond motifs is 3. The molecule has 2 nitrogen and oxygen atoms in total. The average Bonchev–Trinajstić information content (AvgIpc) is 3.23. The van der Waals surface area contributed by atoms with Gasteiger partial charge in [-0.15, -0.1) is 0 Å². The highest BCUT2D eigenvalue weighted by Gasteiger charge is 2.35. The van der Waals surface area contributed by atoms with E-state index in [1.807, 2.05) is 0 Å². The first-order valence-corrected chi connectivity index (χ1v) is 12.3. The maximum absolute atomic E-state index is 2.41. The Balaban J connectivity index is 1.60. The molecule has 0 aliphatic heterocycles. The Hall–Kier alpha value is -4.04. The topological polar surface area (TPSA) is 7.76 Å². The van der Waals surface area contributed by atoms with Crippen molar-refractivity contribution in [1.82, 2.24) is 0 Å². The molecule has 2 aromatic heterocycles. The lowest BCUT2D eigenvalue weighted by atomic mass is 9.96. The monoisotopic (exact) mass is 454 g/mol. The number of pyridine rings is 2. The molecule has 0 saturated heterocycles. The summed E-state index contributed by atoms with van der Waals surface area (Å²) >= 11 is 0. The smallest absolute Gasteiger partial charge is 0.196 e. The second-order valence-corrected chi connectivity index (χ2v) is 9.76. The zero-order chi connectivity index (χ0) is 24.1. The molecule has 6 rings (SSSR count). The molecule has 0 N–H and O–H groups in total. The van der Waals surface area contributed by atoms with Gasteiger partial charge in [-0.2, -0.15) is 9.13 Å². The van der Waals surface area contributed by atoms with Crippen molar-refractivity contribution >= 4 is 0 Å². The van der Waals surface area contributed by atoms with Crippen LogP contribution in [0, 0.1) is 13.8 Å². The van der Waals surface area contributed by atoms with Crippen LogP contribution in [0.4, 0.5) is 0 Å². The average molecular weight is 455 g/mol. The first kappa shape index (κ1) is 21.5. The fraction of sp³-hybridized carbons (Fsp3) is 0.152. The van der Waals surface area contributed by atoms with Gasteiger partial charge in [-0.25, -0.2) is 0 Å². The van der Waals surface area contributed by atoms with Gasteiger partial charge in [0.1, 0.15) is 14.1 Å². The van der Waals surface area contributed by atoms with Gasteiger partial charge in [0.05, 0.1) is 5.56 Å². The molecule has 0 fully saturated rings. The third-order valence-electron chi connectivity index (χ3n) is 7.42. The van der Waals surface area contributed by atoms with Crippen molar-refractivity contribution in [2.45, 2.75) is 20.3 Å². The van der Waals surface area contributed by atoms with E-state index < -0.39 is 0 Å². The second kappa shape index (κ2) is 8.32. The third kappa shape index (κ3) is 3.57. The number of hydrogen-bond donors (Lipinski definition) is 0. The molecule has 1 aliphatic carbocycles. The normalized spacial score (nSPS) is 11.9. The van der Waals surface area contributed by atoms with Crippen molar-refractivity contribution in [2.75, 3.05) is 0 Å². The Kier molecular flexibility index (Phi) is 5.11. The standard InChI is InChI=1S/C33H30N2/c1-22-12-14-24(15-13-22)25-16-17-29-26(19-25)20-27-21-31(28-10-6-5-9-23(28)2)35(4)33(32(27)29)30-11-7-8-18-34(30)3/h5-19,21H,20H2,1-4H3/q+2. The van der Waals surface area contributed by atoms with Crippen LogP contribution in [0.15, 0.2) is 97.2 Å². The zero-order valence-electron chi connectivity index (χ0n) is 20.8. The third-order valence-corrected chi connectivity index (χ3v) is 7.42. The van der Waals surface area contributed by atoms with E-state index in [2.05, 4.69) is 134 Å². The van der Waals surface area contributed by atoms with Crippen molar-refractivity contribution in [3.05, 3.63) is 119 Å². The van der Waals surface area contributed by atoms with Crippen molar-refractivity contribution in [3.8, 4) is 44.9 Å². The largest absolute Gasteiger partial charge is 0.285 e. The van der Waals surface area contributed by atoms with Gasteiger partial charge in [0.15, 0.2) is 6.20 Å². The van der Waals surface area contributed by atoms with Crippen LogP contribution in [0.25, 0.3) is 44.9 Å². The van der Waals surface area contributed by atoms with Crippen molar-refractivity contribution in [2.24, 2.45) is 14.1 Å². The Bertz CT molecular complexity index is 1590. The Labute approximate surface area is 207 Å². The van der Waals surface area contributed by atoms with Gasteiger partial charge < -0.3 is 0 Å². The fourth-order valence-corrected chi connectivity index (χ4v) is 5.52. The molecule has 0 unspecified atom stereocenters. The van der Waals surface area contributed by atoms with Gasteiger partial charge in [0, 0.05) is 23.8 Å². The number of benzene rings is 3. The van der Waals surface area contributed by atoms with Crippen LogP contribution in [0.1, 0.15) is 22.3 Å². The minimum atomic E-state index is 0.952. The summed E-state index contributed by atoms with van der Waals surface area (Å²) in [5.74, 6) is 0. The number of rotatable bonds is 3. The lowest BCUT2D eigenvalue weighted by Gasteiger charge is -2.12. The summed E-state index contributed by atoms with van der Waals surface area (Å²) in [6.45, 7) is 4.34.